The van der Waals surface area contributed by atoms with E-state index in [1.54, 1.807) is 0 Å². The lowest BCUT2D eigenvalue weighted by Gasteiger charge is -2.42. The minimum Gasteiger partial charge on any atom is -0.455 e. The van der Waals surface area contributed by atoms with Gasteiger partial charge in [0.15, 0.2) is 18.5 Å². The number of carbonyl (C=O) groups is 2. The van der Waals surface area contributed by atoms with E-state index in [4.69, 9.17) is 23.7 Å². The third-order valence-corrected chi connectivity index (χ3v) is 8.69. The Morgan fingerprint density at radius 3 is 1.30 bits per heavy atom. The van der Waals surface area contributed by atoms with Gasteiger partial charge in [-0.15, -0.1) is 0 Å². The molecule has 0 aromatic carbocycles. The van der Waals surface area contributed by atoms with E-state index in [0.717, 1.165) is 38.5 Å². The van der Waals surface area contributed by atoms with Crippen LogP contribution in [-0.4, -0.2) is 68.6 Å². The first kappa shape index (κ1) is 40.8. The Bertz CT molecular complexity index is 687. The molecular weight excluding hydrogens is 560 g/mol. The minimum absolute atomic E-state index is 0.0904. The number of unbranched alkanes of at least 4 members (excludes halogenated alkanes) is 20. The van der Waals surface area contributed by atoms with E-state index in [-0.39, 0.29) is 19.4 Å². The molecule has 8 nitrogen and oxygen atoms in total. The highest BCUT2D eigenvalue weighted by Gasteiger charge is 2.50. The molecule has 0 unspecified atom stereocenters. The maximum atomic E-state index is 12.8. The lowest BCUT2D eigenvalue weighted by Crippen LogP contribution is -2.61. The van der Waals surface area contributed by atoms with Crippen LogP contribution < -0.4 is 0 Å². The fourth-order valence-electron chi connectivity index (χ4n) is 5.93. The van der Waals surface area contributed by atoms with E-state index in [1.165, 1.54) is 117 Å². The summed E-state index contributed by atoms with van der Waals surface area (Å²) in [6, 6.07) is 0. The van der Waals surface area contributed by atoms with Gasteiger partial charge in [-0.05, 0) is 12.8 Å². The molecule has 0 spiro atoms. The van der Waals surface area contributed by atoms with Crippen molar-refractivity contribution in [2.75, 3.05) is 20.8 Å². The number of ether oxygens (including phenoxy) is 5. The van der Waals surface area contributed by atoms with Gasteiger partial charge in [-0.1, -0.05) is 142 Å². The first-order valence-corrected chi connectivity index (χ1v) is 18.2. The van der Waals surface area contributed by atoms with Gasteiger partial charge in [-0.3, -0.25) is 9.59 Å². The summed E-state index contributed by atoms with van der Waals surface area (Å²) < 4.78 is 28.0. The zero-order chi connectivity index (χ0) is 32.3. The first-order chi connectivity index (χ1) is 21.5. The average molecular weight is 629 g/mol. The molecule has 0 aromatic heterocycles. The molecule has 260 valence electrons. The maximum Gasteiger partial charge on any atom is 0.306 e. The number of aliphatic hydroxyl groups excluding tert-OH is 1. The van der Waals surface area contributed by atoms with Gasteiger partial charge in [0, 0.05) is 27.1 Å². The van der Waals surface area contributed by atoms with Crippen LogP contribution in [0.5, 0.6) is 0 Å². The number of aliphatic hydroxyl groups is 1. The third kappa shape index (κ3) is 19.3. The Balaban J connectivity index is 2.43. The van der Waals surface area contributed by atoms with Gasteiger partial charge >= 0.3 is 11.9 Å². The summed E-state index contributed by atoms with van der Waals surface area (Å²) in [6.45, 7) is 4.57. The highest BCUT2D eigenvalue weighted by atomic mass is 16.7. The van der Waals surface area contributed by atoms with Crippen LogP contribution >= 0.6 is 0 Å². The van der Waals surface area contributed by atoms with Crippen molar-refractivity contribution >= 4 is 11.9 Å². The van der Waals surface area contributed by atoms with E-state index in [2.05, 4.69) is 13.8 Å². The van der Waals surface area contributed by atoms with Crippen LogP contribution in [0.4, 0.5) is 0 Å². The van der Waals surface area contributed by atoms with Crippen molar-refractivity contribution in [3.8, 4) is 0 Å². The number of methoxy groups -OCH3 is 2. The van der Waals surface area contributed by atoms with Crippen molar-refractivity contribution in [1.29, 1.82) is 0 Å². The zero-order valence-corrected chi connectivity index (χ0v) is 28.9. The summed E-state index contributed by atoms with van der Waals surface area (Å²) in [5, 5.41) is 11.0. The number of esters is 2. The molecule has 1 fully saturated rings. The number of carbonyl (C=O) groups excluding carboxylic acids is 2. The Hall–Kier alpha value is -1.22. The molecule has 1 saturated heterocycles. The van der Waals surface area contributed by atoms with Crippen LogP contribution in [0.2, 0.25) is 0 Å². The summed E-state index contributed by atoms with van der Waals surface area (Å²) in [4.78, 5) is 25.6. The molecular formula is C36H68O8. The molecule has 0 saturated carbocycles. The van der Waals surface area contributed by atoms with Crippen LogP contribution in [0.15, 0.2) is 0 Å². The molecule has 1 aliphatic rings. The van der Waals surface area contributed by atoms with Crippen LogP contribution in [-0.2, 0) is 33.3 Å². The standard InChI is InChI=1S/C36H68O8/c1-5-7-9-11-13-15-17-19-21-23-25-27-31(37)43-34-33(39)30(29-40-3)42-36(41-4)35(34)44-32(38)28-26-24-22-20-18-16-14-12-10-8-6-2/h30,33-36,39H,5-29H2,1-4H3/t30-,33-,34+,35-,36+/m1/s1. The molecule has 44 heavy (non-hydrogen) atoms. The largest absolute Gasteiger partial charge is 0.455 e. The maximum absolute atomic E-state index is 12.8. The van der Waals surface area contributed by atoms with Gasteiger partial charge in [0.2, 0.25) is 0 Å². The molecule has 1 aliphatic heterocycles. The summed E-state index contributed by atoms with van der Waals surface area (Å²) in [6.07, 6.45) is 21.7. The molecule has 8 heteroatoms. The fourth-order valence-corrected chi connectivity index (χ4v) is 5.93. The highest BCUT2D eigenvalue weighted by Crippen LogP contribution is 2.28. The van der Waals surface area contributed by atoms with Crippen molar-refractivity contribution in [2.45, 2.75) is 199 Å². The molecule has 1 N–H and O–H groups in total. The molecule has 0 aliphatic carbocycles. The van der Waals surface area contributed by atoms with Crippen molar-refractivity contribution < 1.29 is 38.4 Å². The number of hydrogen-bond acceptors (Lipinski definition) is 8. The topological polar surface area (TPSA) is 101 Å². The van der Waals surface area contributed by atoms with Crippen LogP contribution in [0.3, 0.4) is 0 Å². The minimum atomic E-state index is -1.21. The molecule has 1 rings (SSSR count). The molecule has 0 bridgehead atoms. The van der Waals surface area contributed by atoms with E-state index >= 15 is 0 Å². The van der Waals surface area contributed by atoms with E-state index in [1.807, 2.05) is 0 Å². The van der Waals surface area contributed by atoms with Gasteiger partial charge in [-0.2, -0.15) is 0 Å². The normalized spacial score (nSPS) is 21.8. The Labute approximate surface area is 269 Å². The second kappa shape index (κ2) is 28.0. The van der Waals surface area contributed by atoms with E-state index in [0.29, 0.717) is 0 Å². The van der Waals surface area contributed by atoms with Crippen LogP contribution in [0.1, 0.15) is 168 Å². The summed E-state index contributed by atoms with van der Waals surface area (Å²) in [5.74, 6) is -0.815. The van der Waals surface area contributed by atoms with Crippen molar-refractivity contribution in [2.24, 2.45) is 0 Å². The molecule has 5 atom stereocenters. The van der Waals surface area contributed by atoms with Crippen molar-refractivity contribution in [1.82, 2.24) is 0 Å². The van der Waals surface area contributed by atoms with Gasteiger partial charge in [0.25, 0.3) is 0 Å². The van der Waals surface area contributed by atoms with E-state index < -0.39 is 42.6 Å². The molecule has 0 radical (unpaired) electrons. The fraction of sp³-hybridized carbons (Fsp3) is 0.944. The summed E-state index contributed by atoms with van der Waals surface area (Å²) in [7, 11) is 2.95. The Kier molecular flexibility index (Phi) is 26.0. The second-order valence-corrected chi connectivity index (χ2v) is 12.7. The first-order valence-electron chi connectivity index (χ1n) is 18.2. The molecule has 0 amide bonds. The Morgan fingerprint density at radius 2 is 0.932 bits per heavy atom. The molecule has 0 aromatic rings. The summed E-state index contributed by atoms with van der Waals surface area (Å²) >= 11 is 0. The third-order valence-electron chi connectivity index (χ3n) is 8.69. The van der Waals surface area contributed by atoms with Gasteiger partial charge in [0.05, 0.1) is 6.61 Å². The predicted molar refractivity (Wildman–Crippen MR) is 175 cm³/mol. The quantitative estimate of drug-likeness (QED) is 0.0649. The second-order valence-electron chi connectivity index (χ2n) is 12.7. The van der Waals surface area contributed by atoms with Crippen LogP contribution in [0.25, 0.3) is 0 Å². The molecule has 1 heterocycles. The number of rotatable bonds is 29. The number of hydrogen-bond donors (Lipinski definition) is 1. The van der Waals surface area contributed by atoms with E-state index in [9.17, 15) is 14.7 Å². The predicted octanol–water partition coefficient (Wildman–Crippen LogP) is 8.59. The average Bonchev–Trinajstić information content (AvgIpc) is 3.01. The zero-order valence-electron chi connectivity index (χ0n) is 28.9. The van der Waals surface area contributed by atoms with Crippen LogP contribution in [0, 0.1) is 0 Å². The lowest BCUT2D eigenvalue weighted by molar-refractivity contribution is -0.301. The lowest BCUT2D eigenvalue weighted by atomic mass is 9.98. The monoisotopic (exact) mass is 628 g/mol. The smallest absolute Gasteiger partial charge is 0.306 e. The highest BCUT2D eigenvalue weighted by molar-refractivity contribution is 5.70. The van der Waals surface area contributed by atoms with Crippen molar-refractivity contribution in [3.63, 3.8) is 0 Å². The van der Waals surface area contributed by atoms with Gasteiger partial charge < -0.3 is 28.8 Å². The van der Waals surface area contributed by atoms with Gasteiger partial charge in [-0.25, -0.2) is 0 Å². The summed E-state index contributed by atoms with van der Waals surface area (Å²) in [5.41, 5.74) is 0. The van der Waals surface area contributed by atoms with Crippen molar-refractivity contribution in [3.05, 3.63) is 0 Å². The Morgan fingerprint density at radius 1 is 0.568 bits per heavy atom. The SMILES string of the molecule is CCCCCCCCCCCCCC(=O)O[C@H]1[C@@H](OC)O[C@H](COC)[C@@H](O)[C@@H]1OC(=O)CCCCCCCCCCCCC. The van der Waals surface area contributed by atoms with Gasteiger partial charge in [0.1, 0.15) is 12.2 Å².